The van der Waals surface area contributed by atoms with E-state index in [1.165, 1.54) is 11.8 Å². The van der Waals surface area contributed by atoms with Crippen molar-refractivity contribution in [2.45, 2.75) is 42.8 Å². The molecule has 7 nitrogen and oxygen atoms in total. The predicted molar refractivity (Wildman–Crippen MR) is 133 cm³/mol. The molecule has 1 saturated carbocycles. The van der Waals surface area contributed by atoms with E-state index in [0.717, 1.165) is 46.4 Å². The molecule has 1 fully saturated rings. The van der Waals surface area contributed by atoms with Gasteiger partial charge in [-0.05, 0) is 61.7 Å². The fraction of sp³-hybridized carbons (Fsp3) is 0.231. The second-order valence-electron chi connectivity index (χ2n) is 8.20. The average molecular weight is 472 g/mol. The van der Waals surface area contributed by atoms with Crippen LogP contribution in [0.1, 0.15) is 31.4 Å². The van der Waals surface area contributed by atoms with E-state index in [-0.39, 0.29) is 11.2 Å². The standard InChI is InChI=1S/C26H25N5O2S/c1-18(34-26-30-29-24(31(26)22-11-12-22)20-8-5-15-27-16-20)25(32)28-21-9-13-23(14-10-21)33-17-19-6-3-2-4-7-19/h2-10,13-16,18,22H,11-12,17H2,1H3,(H,28,32)/t18-/m1/s1. The molecule has 5 rings (SSSR count). The smallest absolute Gasteiger partial charge is 0.237 e. The lowest BCUT2D eigenvalue weighted by Gasteiger charge is -2.14. The van der Waals surface area contributed by atoms with Gasteiger partial charge in [0.25, 0.3) is 0 Å². The van der Waals surface area contributed by atoms with Crippen LogP contribution < -0.4 is 10.1 Å². The molecule has 1 N–H and O–H groups in total. The minimum Gasteiger partial charge on any atom is -0.489 e. The first-order chi connectivity index (χ1) is 16.7. The van der Waals surface area contributed by atoms with Crippen molar-refractivity contribution in [3.8, 4) is 17.1 Å². The normalized spacial score (nSPS) is 13.9. The van der Waals surface area contributed by atoms with Crippen LogP contribution in [0.5, 0.6) is 5.75 Å². The summed E-state index contributed by atoms with van der Waals surface area (Å²) >= 11 is 1.42. The zero-order chi connectivity index (χ0) is 23.3. The van der Waals surface area contributed by atoms with E-state index in [9.17, 15) is 4.79 Å². The lowest BCUT2D eigenvalue weighted by Crippen LogP contribution is -2.22. The summed E-state index contributed by atoms with van der Waals surface area (Å²) in [5.74, 6) is 1.47. The highest BCUT2D eigenvalue weighted by atomic mass is 32.2. The number of thioether (sulfide) groups is 1. The molecule has 0 spiro atoms. The molecule has 0 radical (unpaired) electrons. The molecule has 0 saturated heterocycles. The second-order valence-corrected chi connectivity index (χ2v) is 9.50. The Kier molecular flexibility index (Phi) is 6.58. The third-order valence-electron chi connectivity index (χ3n) is 5.52. The minimum atomic E-state index is -0.336. The number of nitrogens with zero attached hydrogens (tertiary/aromatic N) is 4. The van der Waals surface area contributed by atoms with Gasteiger partial charge in [-0.2, -0.15) is 0 Å². The molecule has 34 heavy (non-hydrogen) atoms. The van der Waals surface area contributed by atoms with Gasteiger partial charge in [-0.1, -0.05) is 42.1 Å². The number of ether oxygens (including phenoxy) is 1. The van der Waals surface area contributed by atoms with E-state index in [0.29, 0.717) is 12.6 Å². The van der Waals surface area contributed by atoms with Gasteiger partial charge in [0.15, 0.2) is 11.0 Å². The Labute approximate surface area is 202 Å². The summed E-state index contributed by atoms with van der Waals surface area (Å²) < 4.78 is 7.96. The second kappa shape index (κ2) is 10.1. The Morgan fingerprint density at radius 1 is 1.09 bits per heavy atom. The van der Waals surface area contributed by atoms with Gasteiger partial charge >= 0.3 is 0 Å². The Hall–Kier alpha value is -3.65. The first-order valence-corrected chi connectivity index (χ1v) is 12.1. The van der Waals surface area contributed by atoms with Gasteiger partial charge < -0.3 is 10.1 Å². The number of amides is 1. The molecular formula is C26H25N5O2S. The lowest BCUT2D eigenvalue weighted by atomic mass is 10.2. The highest BCUT2D eigenvalue weighted by Gasteiger charge is 2.31. The monoisotopic (exact) mass is 471 g/mol. The number of anilines is 1. The van der Waals surface area contributed by atoms with Crippen molar-refractivity contribution in [1.29, 1.82) is 0 Å². The first kappa shape index (κ1) is 22.2. The molecule has 4 aromatic rings. The van der Waals surface area contributed by atoms with Crippen LogP contribution in [0.4, 0.5) is 5.69 Å². The number of benzene rings is 2. The van der Waals surface area contributed by atoms with Crippen molar-refractivity contribution in [3.63, 3.8) is 0 Å². The van der Waals surface area contributed by atoms with Crippen LogP contribution in [0.25, 0.3) is 11.4 Å². The molecular weight excluding hydrogens is 446 g/mol. The maximum absolute atomic E-state index is 12.9. The van der Waals surface area contributed by atoms with Gasteiger partial charge in [-0.3, -0.25) is 14.3 Å². The maximum atomic E-state index is 12.9. The third-order valence-corrected chi connectivity index (χ3v) is 6.57. The van der Waals surface area contributed by atoms with E-state index in [1.54, 1.807) is 12.4 Å². The summed E-state index contributed by atoms with van der Waals surface area (Å²) in [5.41, 5.74) is 2.76. The van der Waals surface area contributed by atoms with Gasteiger partial charge in [-0.25, -0.2) is 0 Å². The Morgan fingerprint density at radius 2 is 1.88 bits per heavy atom. The Balaban J connectivity index is 1.20. The Bertz CT molecular complexity index is 1240. The van der Waals surface area contributed by atoms with Crippen LogP contribution in [0, 0.1) is 0 Å². The number of carbonyl (C=O) groups excluding carboxylic acids is 1. The zero-order valence-corrected chi connectivity index (χ0v) is 19.6. The highest BCUT2D eigenvalue weighted by Crippen LogP contribution is 2.41. The number of nitrogens with one attached hydrogen (secondary N) is 1. The van der Waals surface area contributed by atoms with Gasteiger partial charge in [0.05, 0.1) is 5.25 Å². The minimum absolute atomic E-state index is 0.0868. The van der Waals surface area contributed by atoms with Crippen molar-refractivity contribution in [3.05, 3.63) is 84.7 Å². The van der Waals surface area contributed by atoms with Crippen molar-refractivity contribution < 1.29 is 9.53 Å². The van der Waals surface area contributed by atoms with Crippen LogP contribution >= 0.6 is 11.8 Å². The predicted octanol–water partition coefficient (Wildman–Crippen LogP) is 5.37. The topological polar surface area (TPSA) is 81.9 Å². The summed E-state index contributed by atoms with van der Waals surface area (Å²) in [4.78, 5) is 17.1. The molecule has 8 heteroatoms. The number of pyridine rings is 1. The highest BCUT2D eigenvalue weighted by molar-refractivity contribution is 8.00. The SMILES string of the molecule is C[C@@H](Sc1nnc(-c2cccnc2)n1C1CC1)C(=O)Nc1ccc(OCc2ccccc2)cc1. The van der Waals surface area contributed by atoms with Gasteiger partial charge in [0.2, 0.25) is 5.91 Å². The molecule has 0 bridgehead atoms. The van der Waals surface area contributed by atoms with Crippen molar-refractivity contribution in [1.82, 2.24) is 19.7 Å². The molecule has 0 aliphatic heterocycles. The summed E-state index contributed by atoms with van der Waals surface area (Å²) in [6.45, 7) is 2.38. The van der Waals surface area contributed by atoms with E-state index < -0.39 is 0 Å². The number of carbonyl (C=O) groups is 1. The van der Waals surface area contributed by atoms with Crippen LogP contribution in [0.15, 0.2) is 84.3 Å². The Morgan fingerprint density at radius 3 is 2.59 bits per heavy atom. The van der Waals surface area contributed by atoms with Crippen LogP contribution in [-0.2, 0) is 11.4 Å². The molecule has 1 aliphatic rings. The fourth-order valence-corrected chi connectivity index (χ4v) is 4.46. The summed E-state index contributed by atoms with van der Waals surface area (Å²) in [7, 11) is 0. The zero-order valence-electron chi connectivity index (χ0n) is 18.8. The molecule has 0 unspecified atom stereocenters. The van der Waals surface area contributed by atoms with Crippen molar-refractivity contribution in [2.75, 3.05) is 5.32 Å². The number of aromatic nitrogens is 4. The van der Waals surface area contributed by atoms with E-state index in [4.69, 9.17) is 4.74 Å². The molecule has 2 heterocycles. The van der Waals surface area contributed by atoms with E-state index in [2.05, 4.69) is 25.1 Å². The number of rotatable bonds is 9. The average Bonchev–Trinajstić information content (AvgIpc) is 3.64. The van der Waals surface area contributed by atoms with Crippen LogP contribution in [0.2, 0.25) is 0 Å². The maximum Gasteiger partial charge on any atom is 0.237 e. The van der Waals surface area contributed by atoms with Crippen LogP contribution in [0.3, 0.4) is 0 Å². The number of hydrogen-bond acceptors (Lipinski definition) is 6. The number of hydrogen-bond donors (Lipinski definition) is 1. The van der Waals surface area contributed by atoms with Gasteiger partial charge in [0, 0.05) is 29.7 Å². The summed E-state index contributed by atoms with van der Waals surface area (Å²) in [6.07, 6.45) is 5.72. The molecule has 172 valence electrons. The van der Waals surface area contributed by atoms with Gasteiger partial charge in [0.1, 0.15) is 12.4 Å². The summed E-state index contributed by atoms with van der Waals surface area (Å²) in [5, 5.41) is 12.2. The van der Waals surface area contributed by atoms with Crippen molar-refractivity contribution in [2.24, 2.45) is 0 Å². The van der Waals surface area contributed by atoms with E-state index in [1.807, 2.05) is 73.7 Å². The first-order valence-electron chi connectivity index (χ1n) is 11.3. The molecule has 2 aromatic heterocycles. The molecule has 1 amide bonds. The van der Waals surface area contributed by atoms with Crippen LogP contribution in [-0.4, -0.2) is 30.9 Å². The van der Waals surface area contributed by atoms with Gasteiger partial charge in [-0.15, -0.1) is 10.2 Å². The lowest BCUT2D eigenvalue weighted by molar-refractivity contribution is -0.115. The molecule has 2 aromatic carbocycles. The summed E-state index contributed by atoms with van der Waals surface area (Å²) in [6, 6.07) is 21.7. The third kappa shape index (κ3) is 5.28. The van der Waals surface area contributed by atoms with E-state index >= 15 is 0 Å². The van der Waals surface area contributed by atoms with Crippen molar-refractivity contribution >= 4 is 23.4 Å². The fourth-order valence-electron chi connectivity index (χ4n) is 3.54. The quantitative estimate of drug-likeness (QED) is 0.330. The largest absolute Gasteiger partial charge is 0.489 e. The molecule has 1 atom stereocenters. The molecule has 1 aliphatic carbocycles.